The molecule has 1 aromatic heterocycles. The second-order valence-electron chi connectivity index (χ2n) is 2.71. The van der Waals surface area contributed by atoms with Gasteiger partial charge in [0.1, 0.15) is 0 Å². The van der Waals surface area contributed by atoms with E-state index in [4.69, 9.17) is 5.14 Å². The van der Waals surface area contributed by atoms with E-state index < -0.39 is 26.9 Å². The Labute approximate surface area is 79.8 Å². The summed E-state index contributed by atoms with van der Waals surface area (Å²) >= 11 is 0. The third kappa shape index (κ3) is 2.24. The molecular formula is C7H8F2N2O2S. The van der Waals surface area contributed by atoms with Crippen molar-refractivity contribution in [3.8, 4) is 0 Å². The van der Waals surface area contributed by atoms with Crippen LogP contribution in [-0.4, -0.2) is 13.4 Å². The van der Waals surface area contributed by atoms with Crippen molar-refractivity contribution < 1.29 is 17.2 Å². The number of alkyl halides is 2. The first-order chi connectivity index (χ1) is 6.32. The molecule has 1 aromatic rings. The predicted octanol–water partition coefficient (Wildman–Crippen LogP) is 0.975. The first-order valence-corrected chi connectivity index (χ1v) is 5.14. The third-order valence-electron chi connectivity index (χ3n) is 1.57. The minimum Gasteiger partial charge on any atom is -0.261 e. The summed E-state index contributed by atoms with van der Waals surface area (Å²) < 4.78 is 46.5. The van der Waals surface area contributed by atoms with Gasteiger partial charge in [0, 0.05) is 11.9 Å². The number of nitrogens with zero attached hydrogens (tertiary/aromatic N) is 1. The average molecular weight is 222 g/mol. The molecule has 78 valence electrons. The molecule has 0 aliphatic carbocycles. The van der Waals surface area contributed by atoms with Crippen molar-refractivity contribution in [3.05, 3.63) is 23.5 Å². The molecule has 2 N–H and O–H groups in total. The molecule has 0 aliphatic rings. The molecule has 0 unspecified atom stereocenters. The van der Waals surface area contributed by atoms with Crippen LogP contribution in [0.1, 0.15) is 17.7 Å². The highest BCUT2D eigenvalue weighted by Gasteiger charge is 2.20. The molecule has 0 saturated carbocycles. The highest BCUT2D eigenvalue weighted by atomic mass is 32.2. The Morgan fingerprint density at radius 3 is 2.50 bits per heavy atom. The molecule has 0 aliphatic heterocycles. The summed E-state index contributed by atoms with van der Waals surface area (Å²) in [6.45, 7) is 1.49. The van der Waals surface area contributed by atoms with Crippen molar-refractivity contribution in [2.75, 3.05) is 0 Å². The number of halogens is 2. The van der Waals surface area contributed by atoms with Gasteiger partial charge in [0.25, 0.3) is 6.43 Å². The zero-order valence-corrected chi connectivity index (χ0v) is 8.05. The Hall–Kier alpha value is -1.08. The van der Waals surface area contributed by atoms with E-state index in [0.717, 1.165) is 12.3 Å². The van der Waals surface area contributed by atoms with E-state index in [1.165, 1.54) is 6.92 Å². The standard InChI is InChI=1S/C7H8F2N2O2S/c1-4-2-6(14(10,12)13)5(3-11-4)7(8)9/h2-3,7H,1H3,(H2,10,12,13). The fourth-order valence-corrected chi connectivity index (χ4v) is 1.76. The second-order valence-corrected chi connectivity index (χ2v) is 4.24. The predicted molar refractivity (Wildman–Crippen MR) is 45.3 cm³/mol. The Morgan fingerprint density at radius 2 is 2.07 bits per heavy atom. The fraction of sp³-hybridized carbons (Fsp3) is 0.286. The summed E-state index contributed by atoms with van der Waals surface area (Å²) in [6.07, 6.45) is -2.09. The van der Waals surface area contributed by atoms with Crippen LogP contribution in [0.25, 0.3) is 0 Å². The Kier molecular flexibility index (Phi) is 2.81. The molecule has 7 heteroatoms. The molecular weight excluding hydrogens is 214 g/mol. The zero-order valence-electron chi connectivity index (χ0n) is 7.24. The normalized spacial score (nSPS) is 12.1. The smallest absolute Gasteiger partial charge is 0.261 e. The molecule has 0 fully saturated rings. The van der Waals surface area contributed by atoms with E-state index >= 15 is 0 Å². The maximum Gasteiger partial charge on any atom is 0.266 e. The lowest BCUT2D eigenvalue weighted by molar-refractivity contribution is 0.147. The minimum absolute atomic E-state index is 0.318. The fourth-order valence-electron chi connectivity index (χ4n) is 0.956. The molecule has 0 radical (unpaired) electrons. The van der Waals surface area contributed by atoms with Crippen molar-refractivity contribution in [3.63, 3.8) is 0 Å². The molecule has 0 atom stereocenters. The largest absolute Gasteiger partial charge is 0.266 e. The number of aryl methyl sites for hydroxylation is 1. The number of primary sulfonamides is 1. The van der Waals surface area contributed by atoms with Crippen molar-refractivity contribution in [1.82, 2.24) is 4.98 Å². The first kappa shape index (κ1) is 11.0. The maximum absolute atomic E-state index is 12.3. The van der Waals surface area contributed by atoms with Crippen LogP contribution in [0.4, 0.5) is 8.78 Å². The number of hydrogen-bond donors (Lipinski definition) is 1. The number of nitrogens with two attached hydrogens (primary N) is 1. The summed E-state index contributed by atoms with van der Waals surface area (Å²) in [5.74, 6) is 0. The van der Waals surface area contributed by atoms with Gasteiger partial charge in [-0.05, 0) is 13.0 Å². The van der Waals surface area contributed by atoms with Crippen LogP contribution < -0.4 is 5.14 Å². The summed E-state index contributed by atoms with van der Waals surface area (Å²) in [5, 5.41) is 4.78. The monoisotopic (exact) mass is 222 g/mol. The third-order valence-corrected chi connectivity index (χ3v) is 2.54. The lowest BCUT2D eigenvalue weighted by Gasteiger charge is -2.06. The molecule has 0 amide bonds. The summed E-state index contributed by atoms with van der Waals surface area (Å²) in [7, 11) is -4.12. The lowest BCUT2D eigenvalue weighted by Crippen LogP contribution is -2.15. The van der Waals surface area contributed by atoms with E-state index in [9.17, 15) is 17.2 Å². The lowest BCUT2D eigenvalue weighted by atomic mass is 10.2. The van der Waals surface area contributed by atoms with Crippen LogP contribution in [0.15, 0.2) is 17.2 Å². The number of aromatic nitrogens is 1. The van der Waals surface area contributed by atoms with Gasteiger partial charge in [-0.1, -0.05) is 0 Å². The van der Waals surface area contributed by atoms with Crippen molar-refractivity contribution >= 4 is 10.0 Å². The maximum atomic E-state index is 12.3. The van der Waals surface area contributed by atoms with Gasteiger partial charge in [-0.2, -0.15) is 0 Å². The summed E-state index contributed by atoms with van der Waals surface area (Å²) in [5.41, 5.74) is -0.350. The Morgan fingerprint density at radius 1 is 1.50 bits per heavy atom. The van der Waals surface area contributed by atoms with Crippen LogP contribution >= 0.6 is 0 Å². The first-order valence-electron chi connectivity index (χ1n) is 3.60. The highest BCUT2D eigenvalue weighted by Crippen LogP contribution is 2.25. The second kappa shape index (κ2) is 3.58. The number of pyridine rings is 1. The van der Waals surface area contributed by atoms with E-state index in [-0.39, 0.29) is 0 Å². The van der Waals surface area contributed by atoms with E-state index in [1.807, 2.05) is 0 Å². The van der Waals surface area contributed by atoms with Gasteiger partial charge in [-0.3, -0.25) is 4.98 Å². The Bertz CT molecular complexity index is 445. The van der Waals surface area contributed by atoms with E-state index in [1.54, 1.807) is 0 Å². The SMILES string of the molecule is Cc1cc(S(N)(=O)=O)c(C(F)F)cn1. The van der Waals surface area contributed by atoms with Crippen LogP contribution in [0.5, 0.6) is 0 Å². The topological polar surface area (TPSA) is 73.1 Å². The average Bonchev–Trinajstić information content (AvgIpc) is 2.01. The van der Waals surface area contributed by atoms with Gasteiger partial charge in [0.05, 0.1) is 10.5 Å². The van der Waals surface area contributed by atoms with Crippen LogP contribution in [0, 0.1) is 6.92 Å². The highest BCUT2D eigenvalue weighted by molar-refractivity contribution is 7.89. The van der Waals surface area contributed by atoms with Gasteiger partial charge in [-0.25, -0.2) is 22.3 Å². The Balaban J connectivity index is 3.46. The van der Waals surface area contributed by atoms with E-state index in [2.05, 4.69) is 4.98 Å². The molecule has 1 rings (SSSR count). The van der Waals surface area contributed by atoms with Crippen LogP contribution in [0.2, 0.25) is 0 Å². The molecule has 4 nitrogen and oxygen atoms in total. The van der Waals surface area contributed by atoms with Crippen molar-refractivity contribution in [1.29, 1.82) is 0 Å². The number of rotatable bonds is 2. The molecule has 14 heavy (non-hydrogen) atoms. The van der Waals surface area contributed by atoms with Gasteiger partial charge < -0.3 is 0 Å². The minimum atomic E-state index is -4.12. The van der Waals surface area contributed by atoms with Crippen LogP contribution in [0.3, 0.4) is 0 Å². The molecule has 1 heterocycles. The summed E-state index contributed by atoms with van der Waals surface area (Å²) in [4.78, 5) is 3.01. The van der Waals surface area contributed by atoms with Crippen LogP contribution in [-0.2, 0) is 10.0 Å². The summed E-state index contributed by atoms with van der Waals surface area (Å²) in [6, 6.07) is 1.02. The number of sulfonamides is 1. The molecule has 0 saturated heterocycles. The van der Waals surface area contributed by atoms with Gasteiger partial charge in [-0.15, -0.1) is 0 Å². The number of hydrogen-bond acceptors (Lipinski definition) is 3. The molecule has 0 spiro atoms. The van der Waals surface area contributed by atoms with E-state index in [0.29, 0.717) is 5.69 Å². The van der Waals surface area contributed by atoms with Crippen molar-refractivity contribution in [2.24, 2.45) is 5.14 Å². The van der Waals surface area contributed by atoms with Gasteiger partial charge in [0.2, 0.25) is 10.0 Å². The van der Waals surface area contributed by atoms with Gasteiger partial charge in [0.15, 0.2) is 0 Å². The quantitative estimate of drug-likeness (QED) is 0.810. The molecule has 0 bridgehead atoms. The zero-order chi connectivity index (χ0) is 10.9. The van der Waals surface area contributed by atoms with Crippen molar-refractivity contribution in [2.45, 2.75) is 18.2 Å². The molecule has 0 aromatic carbocycles. The van der Waals surface area contributed by atoms with Gasteiger partial charge >= 0.3 is 0 Å².